The van der Waals surface area contributed by atoms with Crippen LogP contribution in [0.15, 0.2) is 95.0 Å². The number of aliphatic imine (C=N–C) groups is 2. The number of aromatic nitrogens is 4. The zero-order chi connectivity index (χ0) is 69.5. The van der Waals surface area contributed by atoms with Crippen molar-refractivity contribution in [1.82, 2.24) is 40.4 Å². The van der Waals surface area contributed by atoms with Crippen LogP contribution in [0.5, 0.6) is 0 Å². The van der Waals surface area contributed by atoms with Gasteiger partial charge in [-0.15, -0.1) is 0 Å². The molecule has 0 spiro atoms. The predicted octanol–water partition coefficient (Wildman–Crippen LogP) is 4.16. The highest BCUT2D eigenvalue weighted by Gasteiger charge is 2.21. The predicted molar refractivity (Wildman–Crippen MR) is 382 cm³/mol. The standard InChI is InChI=1S/C68H96Cl2N16O13/c69-53-5-11-59-56(49-53)64(80-68(79-59)82-66(73)74)52-3-8-55(9-4-52)86-23-19-84(20-24-86)26-32-94-38-44-98-42-36-92-30-16-76-62(88)14-28-90-34-40-96-46-48-99-47-45-95-39-33-89-27-13-61(87)75-15-29-91-35-41-97-43-37-93-31-25-83-17-21-85(22-18-83)54-6-1-51(2-7-54)63-57-50-77-67(81-65(71)72)78-60(57)12-10-58(63)70/h1-12,49-50H,13-48H2,(H,75,87)(H,76,88)(H4,71,72,77,78,81)(H4,73,74,79,80,82). The summed E-state index contributed by atoms with van der Waals surface area (Å²) >= 11 is 13.0. The second kappa shape index (κ2) is 44.8. The van der Waals surface area contributed by atoms with E-state index in [1.54, 1.807) is 12.3 Å². The van der Waals surface area contributed by atoms with Crippen LogP contribution >= 0.6 is 23.2 Å². The molecule has 0 radical (unpaired) electrons. The second-order valence-corrected chi connectivity index (χ2v) is 23.7. The van der Waals surface area contributed by atoms with E-state index in [4.69, 9.17) is 98.2 Å². The molecule has 4 heterocycles. The zero-order valence-corrected chi connectivity index (χ0v) is 57.9. The molecule has 540 valence electrons. The highest BCUT2D eigenvalue weighted by atomic mass is 35.5. The van der Waals surface area contributed by atoms with Gasteiger partial charge < -0.3 is 95.5 Å². The first kappa shape index (κ1) is 77.4. The summed E-state index contributed by atoms with van der Waals surface area (Å²) in [6.45, 7) is 19.5. The third-order valence-electron chi connectivity index (χ3n) is 15.7. The zero-order valence-electron chi connectivity index (χ0n) is 56.4. The molecule has 31 heteroatoms. The largest absolute Gasteiger partial charge is 0.379 e. The molecule has 0 bridgehead atoms. The van der Waals surface area contributed by atoms with E-state index in [0.29, 0.717) is 185 Å². The molecule has 0 atom stereocenters. The van der Waals surface area contributed by atoms with E-state index in [-0.39, 0.29) is 48.5 Å². The van der Waals surface area contributed by atoms with Crippen molar-refractivity contribution in [3.63, 3.8) is 0 Å². The molecule has 2 fully saturated rings. The number of rotatable bonds is 48. The highest BCUT2D eigenvalue weighted by molar-refractivity contribution is 6.35. The van der Waals surface area contributed by atoms with Gasteiger partial charge in [0.25, 0.3) is 11.9 Å². The van der Waals surface area contributed by atoms with Gasteiger partial charge in [0.1, 0.15) is 0 Å². The van der Waals surface area contributed by atoms with Gasteiger partial charge in [-0.3, -0.25) is 19.4 Å². The van der Waals surface area contributed by atoms with Crippen molar-refractivity contribution < 1.29 is 61.7 Å². The summed E-state index contributed by atoms with van der Waals surface area (Å²) in [5.74, 6) is -0.0421. The molecular weight excluding hydrogens is 1320 g/mol. The van der Waals surface area contributed by atoms with Gasteiger partial charge >= 0.3 is 0 Å². The first-order chi connectivity index (χ1) is 48.4. The van der Waals surface area contributed by atoms with E-state index in [1.807, 2.05) is 36.4 Å². The van der Waals surface area contributed by atoms with Crippen molar-refractivity contribution in [2.45, 2.75) is 12.8 Å². The topological polar surface area (TPSA) is 353 Å². The third-order valence-corrected chi connectivity index (χ3v) is 16.3. The number of halogens is 2. The van der Waals surface area contributed by atoms with Gasteiger partial charge in [-0.25, -0.2) is 19.9 Å². The van der Waals surface area contributed by atoms with Crippen LogP contribution in [-0.4, -0.2) is 277 Å². The number of nitrogens with one attached hydrogen (secondary N) is 2. The molecule has 2 amide bonds. The average molecular weight is 1420 g/mol. The summed E-state index contributed by atoms with van der Waals surface area (Å²) in [4.78, 5) is 59.7. The Labute approximate surface area is 588 Å². The number of piperazine rings is 2. The van der Waals surface area contributed by atoms with E-state index in [0.717, 1.165) is 104 Å². The molecule has 2 saturated heterocycles. The Bertz CT molecular complexity index is 3400. The van der Waals surface area contributed by atoms with Crippen molar-refractivity contribution in [3.05, 3.63) is 95.1 Å². The van der Waals surface area contributed by atoms with E-state index in [9.17, 15) is 9.59 Å². The molecule has 4 aromatic carbocycles. The molecule has 8 rings (SSSR count). The quantitative estimate of drug-likeness (QED) is 0.0177. The minimum absolute atomic E-state index is 0.104. The number of amides is 2. The summed E-state index contributed by atoms with van der Waals surface area (Å²) in [6.07, 6.45) is 2.19. The number of benzene rings is 4. The Kier molecular flexibility index (Phi) is 35.0. The molecule has 0 aliphatic carbocycles. The lowest BCUT2D eigenvalue weighted by atomic mass is 10.0. The maximum Gasteiger partial charge on any atom is 0.253 e. The number of nitrogens with zero attached hydrogens (tertiary/aromatic N) is 10. The maximum absolute atomic E-state index is 12.1. The lowest BCUT2D eigenvalue weighted by Crippen LogP contribution is -2.47. The Morgan fingerprint density at radius 2 is 0.808 bits per heavy atom. The number of ether oxygens (including phenoxy) is 11. The fraction of sp³-hybridized carbons (Fsp3) is 0.529. The molecule has 2 aliphatic rings. The van der Waals surface area contributed by atoms with Crippen molar-refractivity contribution >= 4 is 92.0 Å². The number of carbonyl (C=O) groups is 2. The fourth-order valence-electron chi connectivity index (χ4n) is 10.6. The van der Waals surface area contributed by atoms with Crippen LogP contribution in [0.25, 0.3) is 44.2 Å². The van der Waals surface area contributed by atoms with Crippen molar-refractivity contribution in [2.75, 3.05) is 234 Å². The Morgan fingerprint density at radius 3 is 1.26 bits per heavy atom. The minimum atomic E-state index is -0.111. The molecule has 99 heavy (non-hydrogen) atoms. The molecule has 6 aromatic rings. The van der Waals surface area contributed by atoms with Gasteiger partial charge in [0.05, 0.1) is 162 Å². The second-order valence-electron chi connectivity index (χ2n) is 22.8. The summed E-state index contributed by atoms with van der Waals surface area (Å²) < 4.78 is 61.7. The average Bonchev–Trinajstić information content (AvgIpc) is 0.789. The molecular formula is C68H96Cl2N16O13. The van der Waals surface area contributed by atoms with Gasteiger partial charge in [0.15, 0.2) is 11.9 Å². The van der Waals surface area contributed by atoms with Crippen LogP contribution in [0.1, 0.15) is 12.8 Å². The summed E-state index contributed by atoms with van der Waals surface area (Å²) in [5.41, 5.74) is 29.3. The summed E-state index contributed by atoms with van der Waals surface area (Å²) in [7, 11) is 0. The van der Waals surface area contributed by atoms with E-state index >= 15 is 0 Å². The molecule has 0 unspecified atom stereocenters. The van der Waals surface area contributed by atoms with Crippen LogP contribution in [-0.2, 0) is 61.7 Å². The van der Waals surface area contributed by atoms with Crippen LogP contribution in [0.4, 0.5) is 23.3 Å². The van der Waals surface area contributed by atoms with Crippen LogP contribution in [0.2, 0.25) is 10.0 Å². The summed E-state index contributed by atoms with van der Waals surface area (Å²) in [6, 6.07) is 25.8. The number of anilines is 2. The van der Waals surface area contributed by atoms with Gasteiger partial charge in [-0.1, -0.05) is 47.5 Å². The maximum atomic E-state index is 12.1. The SMILES string of the molecule is NC(N)=Nc1nc(-c2ccc(N3CCN(CCOCCOCCOCCNC(=O)CCOCCOCCOCCOCCOCCC(=O)NCCOCCOCCOCCN4CCN(c5ccc(-c6c(Cl)ccc7nc(N=C(N)N)ncc67)cc5)CC4)CC3)cc2)c2cc(Cl)ccc2n1. The van der Waals surface area contributed by atoms with Crippen LogP contribution in [0.3, 0.4) is 0 Å². The van der Waals surface area contributed by atoms with Crippen LogP contribution in [0, 0.1) is 0 Å². The molecule has 0 saturated carbocycles. The highest BCUT2D eigenvalue weighted by Crippen LogP contribution is 2.36. The molecule has 2 aromatic heterocycles. The number of fused-ring (bicyclic) bond motifs is 2. The third kappa shape index (κ3) is 28.7. The first-order valence-electron chi connectivity index (χ1n) is 33.6. The number of nitrogens with two attached hydrogens (primary N) is 4. The van der Waals surface area contributed by atoms with E-state index in [2.05, 4.69) is 96.6 Å². The van der Waals surface area contributed by atoms with Crippen LogP contribution < -0.4 is 43.4 Å². The number of hydrogen-bond acceptors (Lipinski definition) is 23. The number of guanidine groups is 2. The van der Waals surface area contributed by atoms with Gasteiger partial charge in [0.2, 0.25) is 11.8 Å². The molecule has 2 aliphatic heterocycles. The smallest absolute Gasteiger partial charge is 0.253 e. The van der Waals surface area contributed by atoms with E-state index < -0.39 is 0 Å². The molecule has 29 nitrogen and oxygen atoms in total. The van der Waals surface area contributed by atoms with Crippen molar-refractivity contribution in [3.8, 4) is 22.4 Å². The monoisotopic (exact) mass is 1410 g/mol. The number of carbonyl (C=O) groups excluding carboxylic acids is 2. The Morgan fingerprint density at radius 1 is 0.424 bits per heavy atom. The Balaban J connectivity index is 0.492. The van der Waals surface area contributed by atoms with Gasteiger partial charge in [0, 0.05) is 141 Å². The van der Waals surface area contributed by atoms with Gasteiger partial charge in [-0.2, -0.15) is 9.98 Å². The fourth-order valence-corrected chi connectivity index (χ4v) is 11.1. The molecule has 10 N–H and O–H groups in total. The van der Waals surface area contributed by atoms with E-state index in [1.165, 1.54) is 0 Å². The van der Waals surface area contributed by atoms with Crippen molar-refractivity contribution in [2.24, 2.45) is 32.9 Å². The lowest BCUT2D eigenvalue weighted by molar-refractivity contribution is -0.123. The Hall–Kier alpha value is -7.30. The lowest BCUT2D eigenvalue weighted by Gasteiger charge is -2.36. The summed E-state index contributed by atoms with van der Waals surface area (Å²) in [5, 5.41) is 8.49. The van der Waals surface area contributed by atoms with Crippen molar-refractivity contribution in [1.29, 1.82) is 0 Å². The van der Waals surface area contributed by atoms with Gasteiger partial charge in [-0.05, 0) is 60.2 Å². The minimum Gasteiger partial charge on any atom is -0.379 e. The first-order valence-corrected chi connectivity index (χ1v) is 34.4. The number of hydrogen-bond donors (Lipinski definition) is 6. The normalized spacial score (nSPS) is 13.7.